The highest BCUT2D eigenvalue weighted by atomic mass is 35.5. The van der Waals surface area contributed by atoms with Gasteiger partial charge in [0.25, 0.3) is 0 Å². The quantitative estimate of drug-likeness (QED) is 0.784. The Morgan fingerprint density at radius 3 is 2.75 bits per heavy atom. The van der Waals surface area contributed by atoms with Gasteiger partial charge in [0, 0.05) is 12.5 Å². The fourth-order valence-electron chi connectivity index (χ4n) is 1.24. The summed E-state index contributed by atoms with van der Waals surface area (Å²) in [4.78, 5) is 0. The van der Waals surface area contributed by atoms with Crippen molar-refractivity contribution < 1.29 is 4.42 Å². The minimum Gasteiger partial charge on any atom is -0.449 e. The van der Waals surface area contributed by atoms with Crippen LogP contribution < -0.4 is 5.32 Å². The first-order chi connectivity index (χ1) is 5.77. The average Bonchev–Trinajstić information content (AvgIpc) is 2.47. The number of halogens is 1. The van der Waals surface area contributed by atoms with E-state index in [0.717, 1.165) is 18.7 Å². The van der Waals surface area contributed by atoms with Crippen LogP contribution in [0, 0.1) is 0 Å². The van der Waals surface area contributed by atoms with Crippen molar-refractivity contribution in [3.05, 3.63) is 23.1 Å². The molecule has 0 radical (unpaired) electrons. The molecular formula is C9H14ClNO. The van der Waals surface area contributed by atoms with Crippen LogP contribution in [0.2, 0.25) is 5.22 Å². The molecule has 0 aliphatic rings. The third kappa shape index (κ3) is 2.26. The van der Waals surface area contributed by atoms with Crippen LogP contribution in [0.15, 0.2) is 16.5 Å². The van der Waals surface area contributed by atoms with E-state index in [9.17, 15) is 0 Å². The highest BCUT2D eigenvalue weighted by molar-refractivity contribution is 6.28. The largest absolute Gasteiger partial charge is 0.449 e. The fraction of sp³-hybridized carbons (Fsp3) is 0.556. The van der Waals surface area contributed by atoms with Crippen molar-refractivity contribution >= 4 is 11.6 Å². The normalized spacial score (nSPS) is 13.2. The molecule has 1 N–H and O–H groups in total. The lowest BCUT2D eigenvalue weighted by atomic mass is 10.0. The van der Waals surface area contributed by atoms with Gasteiger partial charge in [0.1, 0.15) is 5.76 Å². The summed E-state index contributed by atoms with van der Waals surface area (Å²) in [6, 6.07) is 3.73. The van der Waals surface area contributed by atoms with Gasteiger partial charge < -0.3 is 9.73 Å². The molecule has 0 saturated carbocycles. The van der Waals surface area contributed by atoms with Crippen LogP contribution in [0.3, 0.4) is 0 Å². The van der Waals surface area contributed by atoms with Gasteiger partial charge in [-0.25, -0.2) is 0 Å². The molecule has 0 saturated heterocycles. The van der Waals surface area contributed by atoms with E-state index in [0.29, 0.717) is 11.1 Å². The Hall–Kier alpha value is -0.470. The van der Waals surface area contributed by atoms with Gasteiger partial charge >= 0.3 is 0 Å². The predicted octanol–water partition coefficient (Wildman–Crippen LogP) is 2.65. The summed E-state index contributed by atoms with van der Waals surface area (Å²) in [7, 11) is 1.94. The van der Waals surface area contributed by atoms with Crippen LogP contribution in [-0.4, -0.2) is 13.6 Å². The van der Waals surface area contributed by atoms with Gasteiger partial charge in [-0.2, -0.15) is 0 Å². The summed E-state index contributed by atoms with van der Waals surface area (Å²) < 4.78 is 5.31. The number of rotatable bonds is 4. The SMILES string of the molecule is CCC(CNC)c1ccc(Cl)o1. The number of furan rings is 1. The summed E-state index contributed by atoms with van der Waals surface area (Å²) in [5, 5.41) is 3.60. The van der Waals surface area contributed by atoms with Gasteiger partial charge in [0.2, 0.25) is 0 Å². The molecule has 0 bridgehead atoms. The van der Waals surface area contributed by atoms with Gasteiger partial charge in [-0.3, -0.25) is 0 Å². The summed E-state index contributed by atoms with van der Waals surface area (Å²) in [6.45, 7) is 3.07. The molecule has 0 aromatic carbocycles. The van der Waals surface area contributed by atoms with E-state index in [1.165, 1.54) is 0 Å². The Balaban J connectivity index is 2.66. The average molecular weight is 188 g/mol. The van der Waals surface area contributed by atoms with E-state index < -0.39 is 0 Å². The van der Waals surface area contributed by atoms with Gasteiger partial charge in [-0.05, 0) is 37.2 Å². The molecule has 0 fully saturated rings. The van der Waals surface area contributed by atoms with E-state index in [-0.39, 0.29) is 0 Å². The standard InChI is InChI=1S/C9H14ClNO/c1-3-7(6-11-2)8-4-5-9(10)12-8/h4-5,7,11H,3,6H2,1-2H3. The van der Waals surface area contributed by atoms with Gasteiger partial charge in [-0.15, -0.1) is 0 Å². The second-order valence-corrected chi connectivity index (χ2v) is 3.18. The molecule has 1 unspecified atom stereocenters. The Bertz CT molecular complexity index is 234. The maximum absolute atomic E-state index is 5.67. The molecule has 68 valence electrons. The lowest BCUT2D eigenvalue weighted by molar-refractivity contribution is 0.446. The highest BCUT2D eigenvalue weighted by Gasteiger charge is 2.11. The van der Waals surface area contributed by atoms with Gasteiger partial charge in [0.05, 0.1) is 0 Å². The van der Waals surface area contributed by atoms with E-state index in [1.54, 1.807) is 6.07 Å². The van der Waals surface area contributed by atoms with Crippen molar-refractivity contribution in [3.8, 4) is 0 Å². The molecule has 0 aliphatic carbocycles. The van der Waals surface area contributed by atoms with E-state index >= 15 is 0 Å². The first kappa shape index (κ1) is 9.62. The Morgan fingerprint density at radius 2 is 2.33 bits per heavy atom. The molecule has 1 heterocycles. The molecule has 0 aliphatic heterocycles. The molecule has 1 rings (SSSR count). The lowest BCUT2D eigenvalue weighted by Gasteiger charge is -2.10. The van der Waals surface area contributed by atoms with Crippen molar-refractivity contribution in [2.75, 3.05) is 13.6 Å². The van der Waals surface area contributed by atoms with Gasteiger partial charge in [0.15, 0.2) is 5.22 Å². The molecule has 1 aromatic rings. The Labute approximate surface area is 77.9 Å². The summed E-state index contributed by atoms with van der Waals surface area (Å²) in [5.74, 6) is 1.40. The maximum Gasteiger partial charge on any atom is 0.193 e. The van der Waals surface area contributed by atoms with Crippen molar-refractivity contribution in [1.29, 1.82) is 0 Å². The monoisotopic (exact) mass is 187 g/mol. The van der Waals surface area contributed by atoms with Crippen molar-refractivity contribution in [2.24, 2.45) is 0 Å². The first-order valence-electron chi connectivity index (χ1n) is 4.17. The molecular weight excluding hydrogens is 174 g/mol. The fourth-order valence-corrected chi connectivity index (χ4v) is 1.39. The molecule has 0 spiro atoms. The summed E-state index contributed by atoms with van der Waals surface area (Å²) in [5.41, 5.74) is 0. The van der Waals surface area contributed by atoms with E-state index in [2.05, 4.69) is 12.2 Å². The molecule has 3 heteroatoms. The number of hydrogen-bond acceptors (Lipinski definition) is 2. The summed E-state index contributed by atoms with van der Waals surface area (Å²) in [6.07, 6.45) is 1.06. The van der Waals surface area contributed by atoms with Crippen LogP contribution >= 0.6 is 11.6 Å². The van der Waals surface area contributed by atoms with Crippen LogP contribution in [0.25, 0.3) is 0 Å². The van der Waals surface area contributed by atoms with Crippen LogP contribution in [0.5, 0.6) is 0 Å². The minimum absolute atomic E-state index is 0.433. The zero-order valence-corrected chi connectivity index (χ0v) is 8.19. The molecule has 2 nitrogen and oxygen atoms in total. The zero-order chi connectivity index (χ0) is 8.97. The highest BCUT2D eigenvalue weighted by Crippen LogP contribution is 2.23. The molecule has 0 amide bonds. The predicted molar refractivity (Wildman–Crippen MR) is 50.7 cm³/mol. The maximum atomic E-state index is 5.67. The van der Waals surface area contributed by atoms with Gasteiger partial charge in [-0.1, -0.05) is 6.92 Å². The van der Waals surface area contributed by atoms with Crippen LogP contribution in [0.4, 0.5) is 0 Å². The number of likely N-dealkylation sites (N-methyl/N-ethyl adjacent to an activating group) is 1. The van der Waals surface area contributed by atoms with Crippen LogP contribution in [-0.2, 0) is 0 Å². The lowest BCUT2D eigenvalue weighted by Crippen LogP contribution is -2.15. The smallest absolute Gasteiger partial charge is 0.193 e. The minimum atomic E-state index is 0.433. The second-order valence-electron chi connectivity index (χ2n) is 2.80. The third-order valence-electron chi connectivity index (χ3n) is 1.94. The topological polar surface area (TPSA) is 25.2 Å². The second kappa shape index (κ2) is 4.53. The zero-order valence-electron chi connectivity index (χ0n) is 7.43. The summed E-state index contributed by atoms with van der Waals surface area (Å²) >= 11 is 5.67. The van der Waals surface area contributed by atoms with Crippen molar-refractivity contribution in [3.63, 3.8) is 0 Å². The van der Waals surface area contributed by atoms with E-state index in [4.69, 9.17) is 16.0 Å². The number of nitrogens with one attached hydrogen (secondary N) is 1. The van der Waals surface area contributed by atoms with Crippen molar-refractivity contribution in [1.82, 2.24) is 5.32 Å². The third-order valence-corrected chi connectivity index (χ3v) is 2.14. The van der Waals surface area contributed by atoms with E-state index in [1.807, 2.05) is 13.1 Å². The number of hydrogen-bond donors (Lipinski definition) is 1. The van der Waals surface area contributed by atoms with Crippen LogP contribution in [0.1, 0.15) is 25.0 Å². The Morgan fingerprint density at radius 1 is 1.58 bits per heavy atom. The molecule has 1 atom stereocenters. The Kier molecular flexibility index (Phi) is 3.63. The van der Waals surface area contributed by atoms with Crippen molar-refractivity contribution in [2.45, 2.75) is 19.3 Å². The molecule has 12 heavy (non-hydrogen) atoms. The first-order valence-corrected chi connectivity index (χ1v) is 4.55. The molecule has 1 aromatic heterocycles.